The van der Waals surface area contributed by atoms with Crippen LogP contribution < -0.4 is 5.73 Å². The molecule has 0 heterocycles. The molecule has 0 aliphatic heterocycles. The molecule has 0 spiro atoms. The van der Waals surface area contributed by atoms with Crippen LogP contribution in [0.1, 0.15) is 23.6 Å². The standard InChI is InChI=1S/C10H15NO2/c1-7-4-8(6-9(13)5-7)10(11)2-3-12/h4-6,10,12-13H,2-3,11H2,1H3/t10-/m1/s1. The van der Waals surface area contributed by atoms with Crippen LogP contribution in [0.2, 0.25) is 0 Å². The Kier molecular flexibility index (Phi) is 3.28. The summed E-state index contributed by atoms with van der Waals surface area (Å²) in [6, 6.07) is 5.03. The highest BCUT2D eigenvalue weighted by Crippen LogP contribution is 2.20. The third-order valence-corrected chi connectivity index (χ3v) is 1.95. The fourth-order valence-electron chi connectivity index (χ4n) is 1.31. The van der Waals surface area contributed by atoms with Crippen molar-refractivity contribution in [2.24, 2.45) is 5.73 Å². The van der Waals surface area contributed by atoms with Gasteiger partial charge in [-0.25, -0.2) is 0 Å². The van der Waals surface area contributed by atoms with Crippen LogP contribution in [0.5, 0.6) is 5.75 Å². The third kappa shape index (κ3) is 2.72. The van der Waals surface area contributed by atoms with Gasteiger partial charge in [0.05, 0.1) is 0 Å². The van der Waals surface area contributed by atoms with Crippen LogP contribution in [-0.4, -0.2) is 16.8 Å². The predicted molar refractivity (Wildman–Crippen MR) is 51.5 cm³/mol. The first-order chi connectivity index (χ1) is 6.13. The van der Waals surface area contributed by atoms with Crippen LogP contribution in [0, 0.1) is 6.92 Å². The van der Waals surface area contributed by atoms with E-state index in [1.807, 2.05) is 13.0 Å². The third-order valence-electron chi connectivity index (χ3n) is 1.95. The number of aliphatic hydroxyl groups is 1. The van der Waals surface area contributed by atoms with Crippen molar-refractivity contribution in [3.05, 3.63) is 29.3 Å². The van der Waals surface area contributed by atoms with Crippen molar-refractivity contribution >= 4 is 0 Å². The van der Waals surface area contributed by atoms with Gasteiger partial charge in [0.25, 0.3) is 0 Å². The quantitative estimate of drug-likeness (QED) is 0.653. The minimum atomic E-state index is -0.198. The molecule has 0 fully saturated rings. The van der Waals surface area contributed by atoms with Gasteiger partial charge in [0.2, 0.25) is 0 Å². The number of aryl methyl sites for hydroxylation is 1. The van der Waals surface area contributed by atoms with Crippen LogP contribution in [-0.2, 0) is 0 Å². The van der Waals surface area contributed by atoms with E-state index in [0.717, 1.165) is 11.1 Å². The number of phenolic OH excluding ortho intramolecular Hbond substituents is 1. The van der Waals surface area contributed by atoms with E-state index in [1.165, 1.54) is 0 Å². The Morgan fingerprint density at radius 3 is 2.62 bits per heavy atom. The molecular weight excluding hydrogens is 166 g/mol. The summed E-state index contributed by atoms with van der Waals surface area (Å²) in [6.07, 6.45) is 0.517. The first-order valence-corrected chi connectivity index (χ1v) is 4.30. The van der Waals surface area contributed by atoms with Crippen LogP contribution in [0.4, 0.5) is 0 Å². The van der Waals surface area contributed by atoms with E-state index in [-0.39, 0.29) is 18.4 Å². The maximum absolute atomic E-state index is 9.29. The normalized spacial score (nSPS) is 12.8. The molecule has 0 saturated heterocycles. The summed E-state index contributed by atoms with van der Waals surface area (Å²) in [6.45, 7) is 1.96. The van der Waals surface area contributed by atoms with E-state index < -0.39 is 0 Å². The molecule has 0 unspecified atom stereocenters. The van der Waals surface area contributed by atoms with Crippen LogP contribution in [0.3, 0.4) is 0 Å². The van der Waals surface area contributed by atoms with E-state index >= 15 is 0 Å². The molecule has 0 amide bonds. The largest absolute Gasteiger partial charge is 0.508 e. The maximum atomic E-state index is 9.29. The maximum Gasteiger partial charge on any atom is 0.116 e. The molecule has 4 N–H and O–H groups in total. The molecule has 0 aliphatic carbocycles. The van der Waals surface area contributed by atoms with Crippen molar-refractivity contribution in [1.29, 1.82) is 0 Å². The predicted octanol–water partition coefficient (Wildman–Crippen LogP) is 1.08. The molecule has 3 heteroatoms. The molecule has 72 valence electrons. The van der Waals surface area contributed by atoms with Crippen molar-refractivity contribution in [3.63, 3.8) is 0 Å². The highest BCUT2D eigenvalue weighted by atomic mass is 16.3. The number of phenols is 1. The van der Waals surface area contributed by atoms with Crippen molar-refractivity contribution in [1.82, 2.24) is 0 Å². The Balaban J connectivity index is 2.87. The van der Waals surface area contributed by atoms with Gasteiger partial charge in [-0.15, -0.1) is 0 Å². The number of benzene rings is 1. The number of rotatable bonds is 3. The van der Waals surface area contributed by atoms with Crippen LogP contribution in [0.15, 0.2) is 18.2 Å². The lowest BCUT2D eigenvalue weighted by Gasteiger charge is -2.11. The highest BCUT2D eigenvalue weighted by Gasteiger charge is 2.06. The molecular formula is C10H15NO2. The zero-order chi connectivity index (χ0) is 9.84. The monoisotopic (exact) mass is 181 g/mol. The van der Waals surface area contributed by atoms with Crippen molar-refractivity contribution < 1.29 is 10.2 Å². The van der Waals surface area contributed by atoms with Gasteiger partial charge >= 0.3 is 0 Å². The van der Waals surface area contributed by atoms with E-state index in [2.05, 4.69) is 0 Å². The number of hydrogen-bond donors (Lipinski definition) is 3. The van der Waals surface area contributed by atoms with E-state index in [9.17, 15) is 5.11 Å². The zero-order valence-corrected chi connectivity index (χ0v) is 7.70. The molecule has 0 aromatic heterocycles. The molecule has 0 radical (unpaired) electrons. The topological polar surface area (TPSA) is 66.5 Å². The van der Waals surface area contributed by atoms with Crippen LogP contribution >= 0.6 is 0 Å². The average molecular weight is 181 g/mol. The summed E-state index contributed by atoms with van der Waals surface area (Å²) < 4.78 is 0. The van der Waals surface area contributed by atoms with Gasteiger partial charge < -0.3 is 15.9 Å². The lowest BCUT2D eigenvalue weighted by atomic mass is 10.0. The van der Waals surface area contributed by atoms with Gasteiger partial charge in [-0.3, -0.25) is 0 Å². The highest BCUT2D eigenvalue weighted by molar-refractivity contribution is 5.34. The molecule has 0 bridgehead atoms. The number of hydrogen-bond acceptors (Lipinski definition) is 3. The summed E-state index contributed by atoms with van der Waals surface area (Å²) in [5.41, 5.74) is 7.61. The van der Waals surface area contributed by atoms with Gasteiger partial charge in [0.1, 0.15) is 5.75 Å². The number of nitrogens with two attached hydrogens (primary N) is 1. The minimum Gasteiger partial charge on any atom is -0.508 e. The molecule has 0 aliphatic rings. The molecule has 1 atom stereocenters. The molecule has 1 aromatic carbocycles. The minimum absolute atomic E-state index is 0.0653. The fraction of sp³-hybridized carbons (Fsp3) is 0.400. The summed E-state index contributed by atoms with van der Waals surface area (Å²) >= 11 is 0. The lowest BCUT2D eigenvalue weighted by Crippen LogP contribution is -2.11. The first kappa shape index (κ1) is 10.0. The van der Waals surface area contributed by atoms with E-state index in [1.54, 1.807) is 12.1 Å². The molecule has 13 heavy (non-hydrogen) atoms. The number of aromatic hydroxyl groups is 1. The van der Waals surface area contributed by atoms with Gasteiger partial charge in [0, 0.05) is 12.6 Å². The lowest BCUT2D eigenvalue weighted by molar-refractivity contribution is 0.276. The summed E-state index contributed by atoms with van der Waals surface area (Å²) in [7, 11) is 0. The Hall–Kier alpha value is -1.06. The summed E-state index contributed by atoms with van der Waals surface area (Å²) in [4.78, 5) is 0. The van der Waals surface area contributed by atoms with Gasteiger partial charge in [-0.05, 0) is 36.6 Å². The second kappa shape index (κ2) is 4.25. The second-order valence-corrected chi connectivity index (χ2v) is 3.22. The van der Waals surface area contributed by atoms with Gasteiger partial charge in [0.15, 0.2) is 0 Å². The van der Waals surface area contributed by atoms with E-state index in [4.69, 9.17) is 10.8 Å². The van der Waals surface area contributed by atoms with Crippen LogP contribution in [0.25, 0.3) is 0 Å². The second-order valence-electron chi connectivity index (χ2n) is 3.22. The first-order valence-electron chi connectivity index (χ1n) is 4.30. The average Bonchev–Trinajstić information content (AvgIpc) is 2.03. The SMILES string of the molecule is Cc1cc(O)cc([C@H](N)CCO)c1. The van der Waals surface area contributed by atoms with Gasteiger partial charge in [-0.2, -0.15) is 0 Å². The van der Waals surface area contributed by atoms with Crippen molar-refractivity contribution in [2.75, 3.05) is 6.61 Å². The Bertz CT molecular complexity index is 266. The molecule has 1 aromatic rings. The molecule has 1 rings (SSSR count). The fourth-order valence-corrected chi connectivity index (χ4v) is 1.31. The van der Waals surface area contributed by atoms with Crippen molar-refractivity contribution in [2.45, 2.75) is 19.4 Å². The smallest absolute Gasteiger partial charge is 0.116 e. The van der Waals surface area contributed by atoms with Gasteiger partial charge in [-0.1, -0.05) is 6.07 Å². The Morgan fingerprint density at radius 2 is 2.08 bits per heavy atom. The summed E-state index contributed by atoms with van der Waals surface area (Å²) in [5, 5.41) is 18.0. The molecule has 0 saturated carbocycles. The van der Waals surface area contributed by atoms with Crippen molar-refractivity contribution in [3.8, 4) is 5.75 Å². The molecule has 3 nitrogen and oxygen atoms in total. The Morgan fingerprint density at radius 1 is 1.38 bits per heavy atom. The zero-order valence-electron chi connectivity index (χ0n) is 7.70. The summed E-state index contributed by atoms with van der Waals surface area (Å²) in [5.74, 6) is 0.225. The Labute approximate surface area is 77.8 Å². The number of aliphatic hydroxyl groups excluding tert-OH is 1. The van der Waals surface area contributed by atoms with E-state index in [0.29, 0.717) is 6.42 Å².